The van der Waals surface area contributed by atoms with E-state index >= 15 is 0 Å². The molecule has 1 N–H and O–H groups in total. The highest BCUT2D eigenvalue weighted by molar-refractivity contribution is 5.20. The second kappa shape index (κ2) is 4.14. The van der Waals surface area contributed by atoms with Crippen LogP contribution in [0.1, 0.15) is 0 Å². The third-order valence-corrected chi connectivity index (χ3v) is 0.968. The average molecular weight is 150 g/mol. The van der Waals surface area contributed by atoms with E-state index in [0.29, 0.717) is 5.75 Å². The summed E-state index contributed by atoms with van der Waals surface area (Å²) in [6.45, 7) is 0. The lowest BCUT2D eigenvalue weighted by atomic mass is 10.3. The Bertz CT molecular complexity index is 242. The van der Waals surface area contributed by atoms with Crippen LogP contribution in [0.25, 0.3) is 0 Å². The van der Waals surface area contributed by atoms with Crippen molar-refractivity contribution in [3.05, 3.63) is 30.3 Å². The zero-order valence-corrected chi connectivity index (χ0v) is 5.65. The zero-order chi connectivity index (χ0) is 7.94. The largest absolute Gasteiger partial charge is 0.314 e. The molecule has 4 nitrogen and oxygen atoms in total. The van der Waals surface area contributed by atoms with Crippen LogP contribution in [0.3, 0.4) is 0 Å². The van der Waals surface area contributed by atoms with Crippen molar-refractivity contribution in [3.8, 4) is 11.9 Å². The smallest absolute Gasteiger partial charge is 0.206 e. The van der Waals surface area contributed by atoms with Gasteiger partial charge in [-0.3, -0.25) is 0 Å². The molecule has 0 amide bonds. The lowest BCUT2D eigenvalue weighted by Crippen LogP contribution is -2.09. The lowest BCUT2D eigenvalue weighted by Gasteiger charge is -1.98. The van der Waals surface area contributed by atoms with Crippen LogP contribution < -0.4 is 10.4 Å². The normalized spacial score (nSPS) is 8.27. The predicted octanol–water partition coefficient (Wildman–Crippen LogP) is 0.983. The van der Waals surface area contributed by atoms with Crippen LogP contribution >= 0.6 is 0 Å². The number of hydroxylamine groups is 1. The number of hydrogen-bond acceptors (Lipinski definition) is 4. The summed E-state index contributed by atoms with van der Waals surface area (Å²) in [5, 5.41) is 7.98. The molecule has 0 radical (unpaired) electrons. The Morgan fingerprint density at radius 2 is 2.00 bits per heavy atom. The van der Waals surface area contributed by atoms with Gasteiger partial charge in [-0.15, -0.1) is 0 Å². The quantitative estimate of drug-likeness (QED) is 0.229. The van der Waals surface area contributed by atoms with Crippen molar-refractivity contribution in [3.63, 3.8) is 0 Å². The highest BCUT2D eigenvalue weighted by Crippen LogP contribution is 2.07. The maximum absolute atomic E-state index is 7.98. The molecule has 1 rings (SSSR count). The SMILES string of the molecule is N#CNOOc1ccccc1. The molecule has 1 aromatic rings. The van der Waals surface area contributed by atoms with Gasteiger partial charge in [0.25, 0.3) is 0 Å². The van der Waals surface area contributed by atoms with E-state index in [1.807, 2.05) is 11.5 Å². The molecule has 0 atom stereocenters. The summed E-state index contributed by atoms with van der Waals surface area (Å²) < 4.78 is 0. The molecule has 0 heterocycles. The van der Waals surface area contributed by atoms with Crippen LogP contribution in [0.5, 0.6) is 5.75 Å². The van der Waals surface area contributed by atoms with Crippen molar-refractivity contribution in [1.29, 1.82) is 5.26 Å². The minimum Gasteiger partial charge on any atom is -0.314 e. The summed E-state index contributed by atoms with van der Waals surface area (Å²) in [6.07, 6.45) is 1.54. The Balaban J connectivity index is 2.35. The van der Waals surface area contributed by atoms with Crippen LogP contribution in [-0.4, -0.2) is 0 Å². The van der Waals surface area contributed by atoms with Crippen LogP contribution in [0.4, 0.5) is 0 Å². The molecule has 0 unspecified atom stereocenters. The van der Waals surface area contributed by atoms with Gasteiger partial charge < -0.3 is 4.89 Å². The molecule has 0 saturated carbocycles. The van der Waals surface area contributed by atoms with E-state index in [1.54, 1.807) is 30.5 Å². The number of nitrogens with zero attached hydrogens (tertiary/aromatic N) is 1. The van der Waals surface area contributed by atoms with Gasteiger partial charge in [-0.1, -0.05) is 23.2 Å². The number of para-hydroxylation sites is 1. The summed E-state index contributed by atoms with van der Waals surface area (Å²) >= 11 is 0. The van der Waals surface area contributed by atoms with Crippen LogP contribution in [0.2, 0.25) is 0 Å². The molecule has 0 fully saturated rings. The van der Waals surface area contributed by atoms with E-state index in [1.165, 1.54) is 0 Å². The molecule has 0 saturated heterocycles. The maximum Gasteiger partial charge on any atom is 0.206 e. The number of nitrogens with one attached hydrogen (secondary N) is 1. The lowest BCUT2D eigenvalue weighted by molar-refractivity contribution is -0.242. The van der Waals surface area contributed by atoms with Crippen molar-refractivity contribution >= 4 is 0 Å². The molecular weight excluding hydrogens is 144 g/mol. The zero-order valence-electron chi connectivity index (χ0n) is 5.65. The van der Waals surface area contributed by atoms with Crippen molar-refractivity contribution in [2.24, 2.45) is 0 Å². The van der Waals surface area contributed by atoms with Crippen LogP contribution in [-0.2, 0) is 4.99 Å². The van der Waals surface area contributed by atoms with Gasteiger partial charge in [0.05, 0.1) is 0 Å². The number of nitriles is 1. The maximum atomic E-state index is 7.98. The first-order chi connectivity index (χ1) is 5.43. The Morgan fingerprint density at radius 1 is 1.27 bits per heavy atom. The first-order valence-electron chi connectivity index (χ1n) is 2.96. The molecule has 0 spiro atoms. The summed E-state index contributed by atoms with van der Waals surface area (Å²) in [5.74, 6) is 0.537. The van der Waals surface area contributed by atoms with Crippen LogP contribution in [0, 0.1) is 11.5 Å². The summed E-state index contributed by atoms with van der Waals surface area (Å²) in [7, 11) is 0. The van der Waals surface area contributed by atoms with Gasteiger partial charge in [0.2, 0.25) is 6.19 Å². The third-order valence-electron chi connectivity index (χ3n) is 0.968. The number of benzene rings is 1. The minimum absolute atomic E-state index is 0.537. The first kappa shape index (κ1) is 7.38. The van der Waals surface area contributed by atoms with E-state index in [4.69, 9.17) is 5.26 Å². The van der Waals surface area contributed by atoms with Gasteiger partial charge in [0.1, 0.15) is 0 Å². The molecule has 0 aliphatic heterocycles. The molecule has 0 bridgehead atoms. The Labute approximate surface area is 63.8 Å². The Morgan fingerprint density at radius 3 is 2.64 bits per heavy atom. The van der Waals surface area contributed by atoms with Gasteiger partial charge in [0, 0.05) is 0 Å². The minimum atomic E-state index is 0.537. The molecule has 11 heavy (non-hydrogen) atoms. The highest BCUT2D eigenvalue weighted by Gasteiger charge is 1.89. The van der Waals surface area contributed by atoms with Gasteiger partial charge >= 0.3 is 0 Å². The second-order valence-electron chi connectivity index (χ2n) is 1.69. The Hall–Kier alpha value is -1.73. The fraction of sp³-hybridized carbons (Fsp3) is 0. The number of rotatable bonds is 3. The predicted molar refractivity (Wildman–Crippen MR) is 36.9 cm³/mol. The highest BCUT2D eigenvalue weighted by atomic mass is 17.3. The molecule has 0 aliphatic carbocycles. The van der Waals surface area contributed by atoms with Gasteiger partial charge in [-0.25, -0.2) is 0 Å². The van der Waals surface area contributed by atoms with E-state index < -0.39 is 0 Å². The second-order valence-corrected chi connectivity index (χ2v) is 1.69. The summed E-state index contributed by atoms with van der Waals surface area (Å²) in [6, 6.07) is 8.86. The Kier molecular flexibility index (Phi) is 2.78. The summed E-state index contributed by atoms with van der Waals surface area (Å²) in [5.41, 5.74) is 1.88. The molecule has 1 aromatic carbocycles. The molecule has 0 aliphatic rings. The monoisotopic (exact) mass is 150 g/mol. The van der Waals surface area contributed by atoms with Gasteiger partial charge in [-0.2, -0.15) is 10.7 Å². The van der Waals surface area contributed by atoms with E-state index in [9.17, 15) is 0 Å². The first-order valence-corrected chi connectivity index (χ1v) is 2.96. The fourth-order valence-corrected chi connectivity index (χ4v) is 0.564. The van der Waals surface area contributed by atoms with Gasteiger partial charge in [0.15, 0.2) is 5.75 Å². The van der Waals surface area contributed by atoms with Crippen molar-refractivity contribution in [1.82, 2.24) is 5.48 Å². The van der Waals surface area contributed by atoms with E-state index in [0.717, 1.165) is 0 Å². The van der Waals surface area contributed by atoms with E-state index in [-0.39, 0.29) is 0 Å². The molecule has 56 valence electrons. The molecule has 4 heteroatoms. The summed E-state index contributed by atoms with van der Waals surface area (Å²) in [4.78, 5) is 8.87. The van der Waals surface area contributed by atoms with E-state index in [2.05, 4.69) is 9.88 Å². The standard InChI is InChI=1S/C7H6N2O2/c8-6-9-11-10-7-4-2-1-3-5-7/h1-5,9H. The van der Waals surface area contributed by atoms with Crippen LogP contribution in [0.15, 0.2) is 30.3 Å². The fourth-order valence-electron chi connectivity index (χ4n) is 0.564. The van der Waals surface area contributed by atoms with Gasteiger partial charge in [-0.05, 0) is 12.1 Å². The average Bonchev–Trinajstić information content (AvgIpc) is 2.07. The van der Waals surface area contributed by atoms with Crippen molar-refractivity contribution in [2.45, 2.75) is 0 Å². The number of hydrogen-bond donors (Lipinski definition) is 1. The van der Waals surface area contributed by atoms with Crippen molar-refractivity contribution in [2.75, 3.05) is 0 Å². The third kappa shape index (κ3) is 2.56. The van der Waals surface area contributed by atoms with Crippen molar-refractivity contribution < 1.29 is 9.88 Å². The molecular formula is C7H6N2O2. The molecule has 0 aromatic heterocycles. The topological polar surface area (TPSA) is 54.3 Å².